The van der Waals surface area contributed by atoms with Crippen LogP contribution in [0.2, 0.25) is 0 Å². The molecule has 1 aliphatic rings. The third-order valence-electron chi connectivity index (χ3n) is 2.67. The molecular weight excluding hydrogens is 352 g/mol. The van der Waals surface area contributed by atoms with Gasteiger partial charge in [-0.3, -0.25) is 14.4 Å². The van der Waals surface area contributed by atoms with E-state index in [0.29, 0.717) is 0 Å². The van der Waals surface area contributed by atoms with Crippen molar-refractivity contribution in [1.29, 1.82) is 0 Å². The lowest BCUT2D eigenvalue weighted by Gasteiger charge is -2.42. The van der Waals surface area contributed by atoms with Crippen molar-refractivity contribution in [1.82, 2.24) is 0 Å². The summed E-state index contributed by atoms with van der Waals surface area (Å²) in [5, 5.41) is 10.1. The van der Waals surface area contributed by atoms with E-state index in [0.717, 1.165) is 13.8 Å². The predicted octanol–water partition coefficient (Wildman–Crippen LogP) is -0.106. The predicted molar refractivity (Wildman–Crippen MR) is 71.3 cm³/mol. The third-order valence-corrected chi connectivity index (χ3v) is 3.31. The van der Waals surface area contributed by atoms with Gasteiger partial charge in [-0.1, -0.05) is 15.9 Å². The fourth-order valence-electron chi connectivity index (χ4n) is 2.00. The molecule has 0 bridgehead atoms. The molecule has 0 aliphatic carbocycles. The van der Waals surface area contributed by atoms with Crippen molar-refractivity contribution >= 4 is 33.8 Å². The molecule has 1 saturated heterocycles. The lowest BCUT2D eigenvalue weighted by Crippen LogP contribution is -2.61. The summed E-state index contributed by atoms with van der Waals surface area (Å²) in [6, 6.07) is 0. The van der Waals surface area contributed by atoms with Gasteiger partial charge in [0.1, 0.15) is 6.10 Å². The Morgan fingerprint density at radius 1 is 0.952 bits per heavy atom. The summed E-state index contributed by atoms with van der Waals surface area (Å²) in [7, 11) is 0. The van der Waals surface area contributed by atoms with Crippen molar-refractivity contribution in [2.75, 3.05) is 5.33 Å². The largest absolute Gasteiger partial charge is 0.456 e. The van der Waals surface area contributed by atoms with Crippen LogP contribution in [0.5, 0.6) is 0 Å². The molecule has 120 valence electrons. The van der Waals surface area contributed by atoms with Crippen LogP contribution in [0.1, 0.15) is 20.8 Å². The number of hydrogen-bond donors (Lipinski definition) is 1. The minimum atomic E-state index is -1.51. The van der Waals surface area contributed by atoms with Crippen LogP contribution in [0, 0.1) is 0 Å². The Kier molecular flexibility index (Phi) is 6.56. The van der Waals surface area contributed by atoms with Gasteiger partial charge in [0.15, 0.2) is 24.6 Å². The van der Waals surface area contributed by atoms with E-state index in [-0.39, 0.29) is 5.33 Å². The SMILES string of the molecule is CC(=O)O[C@H]1[C@H](OC(C)=O)C(O)OC(CBr)[C@H]1OC(C)=O. The van der Waals surface area contributed by atoms with E-state index in [2.05, 4.69) is 15.9 Å². The van der Waals surface area contributed by atoms with Crippen LogP contribution in [0.15, 0.2) is 0 Å². The van der Waals surface area contributed by atoms with Gasteiger partial charge >= 0.3 is 17.9 Å². The minimum Gasteiger partial charge on any atom is -0.456 e. The summed E-state index contributed by atoms with van der Waals surface area (Å²) in [6.07, 6.45) is -5.74. The number of carbonyl (C=O) groups excluding carboxylic acids is 3. The maximum absolute atomic E-state index is 11.2. The molecule has 9 heteroatoms. The van der Waals surface area contributed by atoms with Crippen LogP contribution >= 0.6 is 15.9 Å². The average Bonchev–Trinajstić information content (AvgIpc) is 2.35. The van der Waals surface area contributed by atoms with Crippen LogP contribution in [0.25, 0.3) is 0 Å². The highest BCUT2D eigenvalue weighted by Gasteiger charge is 2.50. The van der Waals surface area contributed by atoms with E-state index < -0.39 is 48.6 Å². The van der Waals surface area contributed by atoms with E-state index in [4.69, 9.17) is 18.9 Å². The van der Waals surface area contributed by atoms with Gasteiger partial charge in [0.05, 0.1) is 0 Å². The zero-order valence-corrected chi connectivity index (χ0v) is 13.4. The molecule has 1 aliphatic heterocycles. The number of ether oxygens (including phenoxy) is 4. The summed E-state index contributed by atoms with van der Waals surface area (Å²) in [5.41, 5.74) is 0. The van der Waals surface area contributed by atoms with Crippen molar-refractivity contribution in [3.05, 3.63) is 0 Å². The molecule has 0 aromatic carbocycles. The Labute approximate surface area is 129 Å². The van der Waals surface area contributed by atoms with Gasteiger partial charge in [-0.15, -0.1) is 0 Å². The Hall–Kier alpha value is -1.19. The van der Waals surface area contributed by atoms with E-state index in [1.165, 1.54) is 6.92 Å². The second kappa shape index (κ2) is 7.71. The van der Waals surface area contributed by atoms with Gasteiger partial charge in [-0.25, -0.2) is 0 Å². The molecule has 5 atom stereocenters. The fourth-order valence-corrected chi connectivity index (χ4v) is 2.52. The van der Waals surface area contributed by atoms with Crippen LogP contribution in [0.4, 0.5) is 0 Å². The van der Waals surface area contributed by atoms with E-state index in [9.17, 15) is 19.5 Å². The first-order chi connectivity index (χ1) is 9.76. The highest BCUT2D eigenvalue weighted by molar-refractivity contribution is 9.09. The summed E-state index contributed by atoms with van der Waals surface area (Å²) < 4.78 is 20.3. The van der Waals surface area contributed by atoms with Crippen molar-refractivity contribution in [2.45, 2.75) is 51.5 Å². The molecular formula is C12H17BrO8. The first-order valence-electron chi connectivity index (χ1n) is 6.17. The number of carbonyl (C=O) groups is 3. The third kappa shape index (κ3) is 4.94. The highest BCUT2D eigenvalue weighted by Crippen LogP contribution is 2.28. The van der Waals surface area contributed by atoms with Crippen molar-refractivity contribution in [3.8, 4) is 0 Å². The van der Waals surface area contributed by atoms with E-state index in [1.54, 1.807) is 0 Å². The molecule has 0 saturated carbocycles. The fraction of sp³-hybridized carbons (Fsp3) is 0.750. The number of aliphatic hydroxyl groups is 1. The Bertz CT molecular complexity index is 412. The lowest BCUT2D eigenvalue weighted by molar-refractivity contribution is -0.287. The Morgan fingerprint density at radius 3 is 1.81 bits per heavy atom. The normalized spacial score (nSPS) is 32.1. The standard InChI is InChI=1S/C12H17BrO8/c1-5(14)18-9-8(4-13)21-12(17)11(20-7(3)16)10(9)19-6(2)15/h8-12,17H,4H2,1-3H3/t8?,9-,10-,11+,12?/m1/s1. The van der Waals surface area contributed by atoms with Crippen LogP contribution < -0.4 is 0 Å². The number of esters is 3. The number of halogens is 1. The molecule has 2 unspecified atom stereocenters. The quantitative estimate of drug-likeness (QED) is 0.416. The maximum atomic E-state index is 11.2. The first kappa shape index (κ1) is 17.9. The highest BCUT2D eigenvalue weighted by atomic mass is 79.9. The van der Waals surface area contributed by atoms with Gasteiger partial charge in [0.25, 0.3) is 0 Å². The maximum Gasteiger partial charge on any atom is 0.303 e. The molecule has 0 aromatic rings. The number of rotatable bonds is 4. The summed E-state index contributed by atoms with van der Waals surface area (Å²) in [4.78, 5) is 33.6. The minimum absolute atomic E-state index is 0.215. The molecule has 1 rings (SSSR count). The zero-order valence-electron chi connectivity index (χ0n) is 11.8. The molecule has 1 heterocycles. The smallest absolute Gasteiger partial charge is 0.303 e. The molecule has 1 N–H and O–H groups in total. The monoisotopic (exact) mass is 368 g/mol. The molecule has 0 aromatic heterocycles. The van der Waals surface area contributed by atoms with Crippen LogP contribution in [0.3, 0.4) is 0 Å². The Balaban J connectivity index is 3.08. The lowest BCUT2D eigenvalue weighted by atomic mass is 9.99. The molecule has 8 nitrogen and oxygen atoms in total. The summed E-state index contributed by atoms with van der Waals surface area (Å²) in [6.45, 7) is 3.47. The van der Waals surface area contributed by atoms with Gasteiger partial charge in [0.2, 0.25) is 0 Å². The van der Waals surface area contributed by atoms with Crippen molar-refractivity contribution in [3.63, 3.8) is 0 Å². The molecule has 0 spiro atoms. The average molecular weight is 369 g/mol. The second-order valence-corrected chi connectivity index (χ2v) is 5.09. The van der Waals surface area contributed by atoms with E-state index in [1.807, 2.05) is 0 Å². The number of alkyl halides is 1. The first-order valence-corrected chi connectivity index (χ1v) is 7.29. The van der Waals surface area contributed by atoms with Gasteiger partial charge in [-0.05, 0) is 0 Å². The Morgan fingerprint density at radius 2 is 1.38 bits per heavy atom. The van der Waals surface area contributed by atoms with Crippen LogP contribution in [-0.2, 0) is 33.3 Å². The molecule has 0 amide bonds. The number of aliphatic hydroxyl groups excluding tert-OH is 1. The molecule has 1 fully saturated rings. The molecule has 0 radical (unpaired) electrons. The summed E-state index contributed by atoms with van der Waals surface area (Å²) >= 11 is 3.16. The van der Waals surface area contributed by atoms with Crippen LogP contribution in [-0.4, -0.2) is 59.1 Å². The number of hydrogen-bond acceptors (Lipinski definition) is 8. The second-order valence-electron chi connectivity index (χ2n) is 4.44. The zero-order chi connectivity index (χ0) is 16.2. The van der Waals surface area contributed by atoms with Gasteiger partial charge in [0, 0.05) is 26.1 Å². The topological polar surface area (TPSA) is 108 Å². The van der Waals surface area contributed by atoms with Gasteiger partial charge < -0.3 is 24.1 Å². The van der Waals surface area contributed by atoms with Crippen molar-refractivity contribution in [2.24, 2.45) is 0 Å². The van der Waals surface area contributed by atoms with Gasteiger partial charge in [-0.2, -0.15) is 0 Å². The van der Waals surface area contributed by atoms with Crippen molar-refractivity contribution < 1.29 is 38.4 Å². The van der Waals surface area contributed by atoms with E-state index >= 15 is 0 Å². The molecule has 21 heavy (non-hydrogen) atoms. The summed E-state index contributed by atoms with van der Waals surface area (Å²) in [5.74, 6) is -1.99.